The fourth-order valence-electron chi connectivity index (χ4n) is 3.07. The predicted octanol–water partition coefficient (Wildman–Crippen LogP) is 5.46. The number of aromatic nitrogens is 3. The first-order valence-electron chi connectivity index (χ1n) is 10.3. The van der Waals surface area contributed by atoms with E-state index in [1.54, 1.807) is 6.21 Å². The van der Waals surface area contributed by atoms with E-state index in [1.807, 2.05) is 55.5 Å². The summed E-state index contributed by atoms with van der Waals surface area (Å²) in [6.07, 6.45) is -1.62. The van der Waals surface area contributed by atoms with Crippen LogP contribution >= 0.6 is 12.2 Å². The van der Waals surface area contributed by atoms with Crippen LogP contribution in [0.2, 0.25) is 0 Å². The van der Waals surface area contributed by atoms with Gasteiger partial charge in [-0.25, -0.2) is 9.67 Å². The van der Waals surface area contributed by atoms with Gasteiger partial charge in [-0.1, -0.05) is 42.5 Å². The van der Waals surface area contributed by atoms with Crippen molar-refractivity contribution in [2.75, 3.05) is 5.32 Å². The third-order valence-electron chi connectivity index (χ3n) is 4.77. The first-order valence-corrected chi connectivity index (χ1v) is 10.7. The summed E-state index contributed by atoms with van der Waals surface area (Å²) in [5.41, 5.74) is 6.90. The molecule has 1 heterocycles. The van der Waals surface area contributed by atoms with Crippen molar-refractivity contribution in [2.24, 2.45) is 5.10 Å². The molecular weight excluding hydrogens is 477 g/mol. The van der Waals surface area contributed by atoms with Crippen LogP contribution in [0, 0.1) is 6.92 Å². The molecule has 1 aromatic heterocycles. The minimum Gasteiger partial charge on any atom is -0.406 e. The zero-order chi connectivity index (χ0) is 24.8. The number of nitrogens with zero attached hydrogens (tertiary/aromatic N) is 4. The van der Waals surface area contributed by atoms with Gasteiger partial charge in [-0.15, -0.1) is 18.3 Å². The third-order valence-corrected chi connectivity index (χ3v) is 4.96. The summed E-state index contributed by atoms with van der Waals surface area (Å²) in [5.74, 6) is 0.158. The number of rotatable bonds is 6. The lowest BCUT2D eigenvalue weighted by molar-refractivity contribution is -0.274. The molecule has 0 radical (unpaired) electrons. The SMILES string of the molecule is Cc1ccccc1NC(=S)N/N=C\c1ccc(-c2ncn(-c3ccc(OC(F)(F)F)cc3)n2)cc1. The highest BCUT2D eigenvalue weighted by Gasteiger charge is 2.31. The molecule has 4 rings (SSSR count). The Hall–Kier alpha value is -4.25. The van der Waals surface area contributed by atoms with E-state index in [2.05, 4.69) is 30.7 Å². The predicted molar refractivity (Wildman–Crippen MR) is 132 cm³/mol. The van der Waals surface area contributed by atoms with Crippen LogP contribution in [-0.4, -0.2) is 32.5 Å². The number of thiocarbonyl (C=S) groups is 1. The van der Waals surface area contributed by atoms with Crippen LogP contribution in [0.1, 0.15) is 11.1 Å². The second-order valence-corrected chi connectivity index (χ2v) is 7.72. The number of aryl methyl sites for hydroxylation is 1. The smallest absolute Gasteiger partial charge is 0.406 e. The molecule has 0 bridgehead atoms. The van der Waals surface area contributed by atoms with Crippen LogP contribution in [0.5, 0.6) is 5.75 Å². The topological polar surface area (TPSA) is 76.4 Å². The Morgan fingerprint density at radius 1 is 1.03 bits per heavy atom. The van der Waals surface area contributed by atoms with Crippen LogP contribution < -0.4 is 15.5 Å². The van der Waals surface area contributed by atoms with E-state index in [0.717, 1.165) is 22.4 Å². The lowest BCUT2D eigenvalue weighted by Crippen LogP contribution is -2.24. The number of para-hydroxylation sites is 1. The molecule has 0 saturated carbocycles. The third kappa shape index (κ3) is 6.64. The number of ether oxygens (including phenoxy) is 1. The van der Waals surface area contributed by atoms with E-state index in [0.29, 0.717) is 16.6 Å². The minimum atomic E-state index is -4.74. The molecule has 3 aromatic carbocycles. The molecule has 35 heavy (non-hydrogen) atoms. The molecule has 178 valence electrons. The molecular formula is C24H19F3N6OS. The lowest BCUT2D eigenvalue weighted by atomic mass is 10.1. The highest BCUT2D eigenvalue weighted by atomic mass is 32.1. The number of hydrazone groups is 1. The van der Waals surface area contributed by atoms with Crippen molar-refractivity contribution < 1.29 is 17.9 Å². The number of benzene rings is 3. The summed E-state index contributed by atoms with van der Waals surface area (Å²) < 4.78 is 42.3. The van der Waals surface area contributed by atoms with Gasteiger partial charge in [0.2, 0.25) is 0 Å². The maximum absolute atomic E-state index is 12.3. The highest BCUT2D eigenvalue weighted by Crippen LogP contribution is 2.24. The number of hydrogen-bond donors (Lipinski definition) is 2. The first kappa shape index (κ1) is 23.9. The van der Waals surface area contributed by atoms with Gasteiger partial charge in [0.15, 0.2) is 10.9 Å². The zero-order valence-corrected chi connectivity index (χ0v) is 19.1. The maximum Gasteiger partial charge on any atom is 0.573 e. The van der Waals surface area contributed by atoms with Gasteiger partial charge >= 0.3 is 6.36 Å². The van der Waals surface area contributed by atoms with E-state index >= 15 is 0 Å². The number of alkyl halides is 3. The number of halogens is 3. The summed E-state index contributed by atoms with van der Waals surface area (Å²) in [4.78, 5) is 4.28. The van der Waals surface area contributed by atoms with E-state index < -0.39 is 6.36 Å². The van der Waals surface area contributed by atoms with Crippen LogP contribution in [0.25, 0.3) is 17.1 Å². The normalized spacial score (nSPS) is 11.4. The largest absolute Gasteiger partial charge is 0.573 e. The van der Waals surface area contributed by atoms with Gasteiger partial charge in [-0.05, 0) is 60.6 Å². The standard InChI is InChI=1S/C24H19F3N6OS/c1-16-4-2-3-5-21(16)30-23(35)31-29-14-17-6-8-18(9-7-17)22-28-15-33(32-22)19-10-12-20(13-11-19)34-24(25,26)27/h2-15H,1H3,(H2,30,31,35)/b29-14-. The number of nitrogens with one attached hydrogen (secondary N) is 2. The summed E-state index contributed by atoms with van der Waals surface area (Å²) in [6.45, 7) is 1.98. The van der Waals surface area contributed by atoms with E-state index in [1.165, 1.54) is 35.3 Å². The van der Waals surface area contributed by atoms with Gasteiger partial charge in [0.05, 0.1) is 11.9 Å². The fraction of sp³-hybridized carbons (Fsp3) is 0.0833. The molecule has 11 heteroatoms. The second-order valence-electron chi connectivity index (χ2n) is 7.32. The Morgan fingerprint density at radius 3 is 2.43 bits per heavy atom. The van der Waals surface area contributed by atoms with Crippen molar-refractivity contribution in [3.05, 3.63) is 90.3 Å². The molecule has 0 amide bonds. The second kappa shape index (κ2) is 10.3. The number of anilines is 1. The van der Waals surface area contributed by atoms with Crippen LogP contribution in [0.3, 0.4) is 0 Å². The first-order chi connectivity index (χ1) is 16.8. The van der Waals surface area contributed by atoms with Gasteiger partial charge in [0.25, 0.3) is 0 Å². The molecule has 0 unspecified atom stereocenters. The van der Waals surface area contributed by atoms with Gasteiger partial charge in [-0.2, -0.15) is 5.10 Å². The average molecular weight is 497 g/mol. The quantitative estimate of drug-likeness (QED) is 0.210. The Kier molecular flexibility index (Phi) is 7.06. The lowest BCUT2D eigenvalue weighted by Gasteiger charge is -2.09. The molecule has 0 saturated heterocycles. The van der Waals surface area contributed by atoms with Crippen LogP contribution in [0.15, 0.2) is 84.2 Å². The highest BCUT2D eigenvalue weighted by molar-refractivity contribution is 7.80. The molecule has 0 aliphatic rings. The van der Waals surface area contributed by atoms with Gasteiger partial charge in [-0.3, -0.25) is 5.43 Å². The summed E-state index contributed by atoms with van der Waals surface area (Å²) >= 11 is 5.26. The molecule has 0 atom stereocenters. The zero-order valence-electron chi connectivity index (χ0n) is 18.3. The number of hydrogen-bond acceptors (Lipinski definition) is 5. The van der Waals surface area contributed by atoms with Gasteiger partial charge in [0.1, 0.15) is 12.1 Å². The van der Waals surface area contributed by atoms with E-state index in [-0.39, 0.29) is 5.75 Å². The fourth-order valence-corrected chi connectivity index (χ4v) is 3.23. The molecule has 4 aromatic rings. The van der Waals surface area contributed by atoms with Crippen molar-refractivity contribution in [1.82, 2.24) is 20.2 Å². The van der Waals surface area contributed by atoms with Crippen molar-refractivity contribution in [3.8, 4) is 22.8 Å². The van der Waals surface area contributed by atoms with Crippen molar-refractivity contribution >= 4 is 29.2 Å². The van der Waals surface area contributed by atoms with E-state index in [9.17, 15) is 13.2 Å². The molecule has 0 aliphatic heterocycles. The van der Waals surface area contributed by atoms with Crippen molar-refractivity contribution in [1.29, 1.82) is 0 Å². The molecule has 2 N–H and O–H groups in total. The Morgan fingerprint density at radius 2 is 1.74 bits per heavy atom. The van der Waals surface area contributed by atoms with Gasteiger partial charge < -0.3 is 10.1 Å². The van der Waals surface area contributed by atoms with Crippen molar-refractivity contribution in [3.63, 3.8) is 0 Å². The molecule has 7 nitrogen and oxygen atoms in total. The monoisotopic (exact) mass is 496 g/mol. The maximum atomic E-state index is 12.3. The summed E-state index contributed by atoms with van der Waals surface area (Å²) in [7, 11) is 0. The minimum absolute atomic E-state index is 0.306. The summed E-state index contributed by atoms with van der Waals surface area (Å²) in [5, 5.41) is 12.0. The molecule has 0 aliphatic carbocycles. The Balaban J connectivity index is 1.35. The van der Waals surface area contributed by atoms with Gasteiger partial charge in [0, 0.05) is 11.3 Å². The molecule has 0 spiro atoms. The van der Waals surface area contributed by atoms with E-state index in [4.69, 9.17) is 12.2 Å². The summed E-state index contributed by atoms with van der Waals surface area (Å²) in [6, 6.07) is 20.5. The van der Waals surface area contributed by atoms with Crippen molar-refractivity contribution in [2.45, 2.75) is 13.3 Å². The Bertz CT molecular complexity index is 1330. The average Bonchev–Trinajstić information content (AvgIpc) is 3.31. The van der Waals surface area contributed by atoms with Crippen LogP contribution in [0.4, 0.5) is 18.9 Å². The Labute approximate surface area is 204 Å². The molecule has 0 fully saturated rings. The van der Waals surface area contributed by atoms with Crippen LogP contribution in [-0.2, 0) is 0 Å².